The van der Waals surface area contributed by atoms with Gasteiger partial charge in [-0.05, 0) is 62.1 Å². The van der Waals surface area contributed by atoms with Crippen molar-refractivity contribution in [1.82, 2.24) is 19.9 Å². The Labute approximate surface area is 222 Å². The van der Waals surface area contributed by atoms with Crippen molar-refractivity contribution < 1.29 is 23.7 Å². The molecule has 4 rings (SSSR count). The van der Waals surface area contributed by atoms with Crippen LogP contribution < -0.4 is 24.3 Å². The van der Waals surface area contributed by atoms with Crippen molar-refractivity contribution in [2.75, 3.05) is 35.0 Å². The van der Waals surface area contributed by atoms with E-state index in [-0.39, 0.29) is 5.91 Å². The van der Waals surface area contributed by atoms with Crippen molar-refractivity contribution in [3.63, 3.8) is 0 Å². The van der Waals surface area contributed by atoms with E-state index in [2.05, 4.69) is 5.32 Å². The zero-order chi connectivity index (χ0) is 27.2. The van der Waals surface area contributed by atoms with Crippen LogP contribution in [0.2, 0.25) is 0 Å². The van der Waals surface area contributed by atoms with E-state index >= 15 is 0 Å². The summed E-state index contributed by atoms with van der Waals surface area (Å²) in [7, 11) is 6.46. The van der Waals surface area contributed by atoms with Crippen LogP contribution in [0.4, 0.5) is 0 Å². The molecule has 200 valence electrons. The molecule has 0 saturated heterocycles. The van der Waals surface area contributed by atoms with E-state index in [0.717, 1.165) is 39.4 Å². The van der Waals surface area contributed by atoms with E-state index in [1.807, 2.05) is 60.8 Å². The van der Waals surface area contributed by atoms with Crippen LogP contribution in [0.5, 0.6) is 23.0 Å². The zero-order valence-electron chi connectivity index (χ0n) is 22.8. The second kappa shape index (κ2) is 11.9. The summed E-state index contributed by atoms with van der Waals surface area (Å²) in [5.74, 6) is 2.74. The molecule has 1 N–H and O–H groups in total. The standard InChI is InChI=1S/C29H34N4O5/c1-18-22(10-12-29(34)30-14-13-20-7-11-25(36-4)27(15-20)38-6)19(2)33-28(31-18)17-24(32-33)23-9-8-21(35-3)16-26(23)37-5/h7-9,11,15-17H,10,12-14H2,1-6H3,(H,30,34). The molecule has 2 aromatic carbocycles. The molecule has 0 saturated carbocycles. The summed E-state index contributed by atoms with van der Waals surface area (Å²) in [5.41, 5.74) is 6.29. The van der Waals surface area contributed by atoms with E-state index in [1.54, 1.807) is 28.4 Å². The molecule has 0 aliphatic rings. The summed E-state index contributed by atoms with van der Waals surface area (Å²) in [6.45, 7) is 4.52. The number of ether oxygens (including phenoxy) is 4. The molecular weight excluding hydrogens is 484 g/mol. The minimum atomic E-state index is -0.00602. The average molecular weight is 519 g/mol. The lowest BCUT2D eigenvalue weighted by Gasteiger charge is -2.12. The van der Waals surface area contributed by atoms with Gasteiger partial charge in [0.05, 0.1) is 34.1 Å². The van der Waals surface area contributed by atoms with Crippen molar-refractivity contribution in [3.8, 4) is 34.3 Å². The van der Waals surface area contributed by atoms with Gasteiger partial charge in [0.2, 0.25) is 5.91 Å². The Balaban J connectivity index is 1.43. The van der Waals surface area contributed by atoms with E-state index in [4.69, 9.17) is 29.0 Å². The number of rotatable bonds is 11. The Morgan fingerprint density at radius 1 is 0.868 bits per heavy atom. The number of hydrogen-bond donors (Lipinski definition) is 1. The van der Waals surface area contributed by atoms with Crippen molar-refractivity contribution in [2.45, 2.75) is 33.1 Å². The highest BCUT2D eigenvalue weighted by Crippen LogP contribution is 2.33. The molecule has 0 unspecified atom stereocenters. The minimum absolute atomic E-state index is 0.00602. The first-order chi connectivity index (χ1) is 18.4. The van der Waals surface area contributed by atoms with Crippen LogP contribution in [0, 0.1) is 13.8 Å². The van der Waals surface area contributed by atoms with Gasteiger partial charge in [-0.25, -0.2) is 9.50 Å². The van der Waals surface area contributed by atoms with Gasteiger partial charge in [0.25, 0.3) is 0 Å². The van der Waals surface area contributed by atoms with Crippen molar-refractivity contribution in [1.29, 1.82) is 0 Å². The lowest BCUT2D eigenvalue weighted by Crippen LogP contribution is -2.26. The predicted molar refractivity (Wildman–Crippen MR) is 146 cm³/mol. The Morgan fingerprint density at radius 2 is 1.63 bits per heavy atom. The van der Waals surface area contributed by atoms with E-state index < -0.39 is 0 Å². The van der Waals surface area contributed by atoms with Gasteiger partial charge in [-0.2, -0.15) is 5.10 Å². The number of methoxy groups -OCH3 is 4. The maximum atomic E-state index is 12.6. The maximum Gasteiger partial charge on any atom is 0.220 e. The second-order valence-electron chi connectivity index (χ2n) is 8.92. The largest absolute Gasteiger partial charge is 0.497 e. The topological polar surface area (TPSA) is 96.2 Å². The van der Waals surface area contributed by atoms with Crippen LogP contribution in [0.15, 0.2) is 42.5 Å². The van der Waals surface area contributed by atoms with Crippen LogP contribution in [0.1, 0.15) is 28.9 Å². The summed E-state index contributed by atoms with van der Waals surface area (Å²) in [6.07, 6.45) is 1.63. The van der Waals surface area contributed by atoms with Gasteiger partial charge < -0.3 is 24.3 Å². The Hall–Kier alpha value is -4.27. The highest BCUT2D eigenvalue weighted by molar-refractivity contribution is 5.76. The van der Waals surface area contributed by atoms with Crippen LogP contribution in [0.3, 0.4) is 0 Å². The third-order valence-corrected chi connectivity index (χ3v) is 6.63. The lowest BCUT2D eigenvalue weighted by molar-refractivity contribution is -0.121. The number of carbonyl (C=O) groups excluding carboxylic acids is 1. The molecule has 0 fully saturated rings. The van der Waals surface area contributed by atoms with Gasteiger partial charge in [0, 0.05) is 42.0 Å². The quantitative estimate of drug-likeness (QED) is 0.316. The molecule has 0 aliphatic heterocycles. The molecular formula is C29H34N4O5. The summed E-state index contributed by atoms with van der Waals surface area (Å²) in [6, 6.07) is 13.3. The first-order valence-corrected chi connectivity index (χ1v) is 12.4. The smallest absolute Gasteiger partial charge is 0.220 e. The molecule has 0 spiro atoms. The summed E-state index contributed by atoms with van der Waals surface area (Å²) in [4.78, 5) is 17.4. The van der Waals surface area contributed by atoms with E-state index in [9.17, 15) is 4.79 Å². The molecule has 1 amide bonds. The molecule has 0 radical (unpaired) electrons. The zero-order valence-corrected chi connectivity index (χ0v) is 22.8. The minimum Gasteiger partial charge on any atom is -0.497 e. The van der Waals surface area contributed by atoms with Gasteiger partial charge >= 0.3 is 0 Å². The Morgan fingerprint density at radius 3 is 2.34 bits per heavy atom. The second-order valence-corrected chi connectivity index (χ2v) is 8.92. The molecule has 0 bridgehead atoms. The number of hydrogen-bond acceptors (Lipinski definition) is 7. The van der Waals surface area contributed by atoms with E-state index in [1.165, 1.54) is 0 Å². The summed E-state index contributed by atoms with van der Waals surface area (Å²) < 4.78 is 23.3. The fourth-order valence-electron chi connectivity index (χ4n) is 4.54. The van der Waals surface area contributed by atoms with Gasteiger partial charge in [0.1, 0.15) is 11.5 Å². The van der Waals surface area contributed by atoms with Crippen molar-refractivity contribution >= 4 is 11.6 Å². The van der Waals surface area contributed by atoms with Crippen LogP contribution >= 0.6 is 0 Å². The Kier molecular flexibility index (Phi) is 8.35. The van der Waals surface area contributed by atoms with Gasteiger partial charge in [0.15, 0.2) is 17.1 Å². The first kappa shape index (κ1) is 26.8. The number of fused-ring (bicyclic) bond motifs is 1. The number of nitrogens with one attached hydrogen (secondary N) is 1. The molecule has 4 aromatic rings. The molecule has 38 heavy (non-hydrogen) atoms. The number of amides is 1. The molecule has 2 heterocycles. The predicted octanol–water partition coefficient (Wildman–Crippen LogP) is 4.34. The highest BCUT2D eigenvalue weighted by Gasteiger charge is 2.17. The monoisotopic (exact) mass is 518 g/mol. The first-order valence-electron chi connectivity index (χ1n) is 12.4. The fourth-order valence-corrected chi connectivity index (χ4v) is 4.54. The summed E-state index contributed by atoms with van der Waals surface area (Å²) in [5, 5.41) is 7.81. The van der Waals surface area contributed by atoms with Gasteiger partial charge in [-0.1, -0.05) is 6.07 Å². The van der Waals surface area contributed by atoms with Crippen molar-refractivity contribution in [2.24, 2.45) is 0 Å². The number of nitrogens with zero attached hydrogens (tertiary/aromatic N) is 3. The SMILES string of the molecule is COc1ccc(-c2cc3nc(C)c(CCC(=O)NCCc4ccc(OC)c(OC)c4)c(C)n3n2)c(OC)c1. The number of benzene rings is 2. The third kappa shape index (κ3) is 5.66. The van der Waals surface area contributed by atoms with Crippen LogP contribution in [0.25, 0.3) is 16.9 Å². The average Bonchev–Trinajstić information content (AvgIpc) is 3.36. The van der Waals surface area contributed by atoms with E-state index in [0.29, 0.717) is 48.8 Å². The molecule has 0 aliphatic carbocycles. The maximum absolute atomic E-state index is 12.6. The molecule has 9 heteroatoms. The summed E-state index contributed by atoms with van der Waals surface area (Å²) >= 11 is 0. The van der Waals surface area contributed by atoms with Gasteiger partial charge in [-0.15, -0.1) is 0 Å². The highest BCUT2D eigenvalue weighted by atomic mass is 16.5. The Bertz CT molecular complexity index is 1450. The number of aromatic nitrogens is 3. The number of carbonyl (C=O) groups is 1. The van der Waals surface area contributed by atoms with Gasteiger partial charge in [-0.3, -0.25) is 4.79 Å². The van der Waals surface area contributed by atoms with Crippen LogP contribution in [-0.4, -0.2) is 55.5 Å². The normalized spacial score (nSPS) is 10.9. The molecule has 0 atom stereocenters. The number of aryl methyl sites for hydroxylation is 2. The lowest BCUT2D eigenvalue weighted by atomic mass is 10.1. The van der Waals surface area contributed by atoms with Crippen molar-refractivity contribution in [3.05, 3.63) is 65.0 Å². The third-order valence-electron chi connectivity index (χ3n) is 6.63. The molecule has 9 nitrogen and oxygen atoms in total. The molecule has 2 aromatic heterocycles. The fraction of sp³-hybridized carbons (Fsp3) is 0.345. The van der Waals surface area contributed by atoms with Crippen LogP contribution in [-0.2, 0) is 17.6 Å².